The van der Waals surface area contributed by atoms with Gasteiger partial charge in [0, 0.05) is 73.8 Å². The van der Waals surface area contributed by atoms with Gasteiger partial charge in [0.2, 0.25) is 70.9 Å². The van der Waals surface area contributed by atoms with Crippen molar-refractivity contribution in [1.82, 2.24) is 60.0 Å². The Kier molecular flexibility index (Phi) is 27.9. The van der Waals surface area contributed by atoms with E-state index in [1.165, 1.54) is 88.4 Å². The summed E-state index contributed by atoms with van der Waals surface area (Å²) < 4.78 is 42.1. The highest BCUT2D eigenvalue weighted by Gasteiger charge is 2.53. The van der Waals surface area contributed by atoms with Crippen LogP contribution in [0.5, 0.6) is 0 Å². The van der Waals surface area contributed by atoms with Crippen molar-refractivity contribution in [2.45, 2.75) is 279 Å². The van der Waals surface area contributed by atoms with Crippen LogP contribution in [0, 0.1) is 35.5 Å². The molecule has 4 aliphatic heterocycles. The molecule has 0 aromatic rings. The Morgan fingerprint density at radius 2 is 1.24 bits per heavy atom. The Morgan fingerprint density at radius 3 is 1.82 bits per heavy atom. The average Bonchev–Trinajstić information content (AvgIpc) is 1.76. The van der Waals surface area contributed by atoms with E-state index in [-0.39, 0.29) is 107 Å². The summed E-state index contributed by atoms with van der Waals surface area (Å²) in [6.07, 6.45) is 6.66. The highest BCUT2D eigenvalue weighted by Crippen LogP contribution is 2.44. The van der Waals surface area contributed by atoms with Crippen molar-refractivity contribution < 1.29 is 70.7 Å². The maximum Gasteiger partial charge on any atom is 0.393 e. The van der Waals surface area contributed by atoms with Gasteiger partial charge in [-0.1, -0.05) is 85.5 Å². The molecule has 3 N–H and O–H groups in total. The van der Waals surface area contributed by atoms with Crippen molar-refractivity contribution in [2.75, 3.05) is 75.0 Å². The number of carbonyl (C=O) groups excluding carboxylic acids is 12. The van der Waals surface area contributed by atoms with Gasteiger partial charge in [-0.05, 0) is 146 Å². The molecule has 13 atom stereocenters. The first-order chi connectivity index (χ1) is 47.7. The van der Waals surface area contributed by atoms with Crippen molar-refractivity contribution in [3.63, 3.8) is 0 Å². The second-order valence-corrected chi connectivity index (χ2v) is 32.1. The summed E-state index contributed by atoms with van der Waals surface area (Å²) in [6.45, 7) is 9.36. The number of nitrogens with zero attached hydrogens (tertiary/aromatic N) is 9. The number of likely N-dealkylation sites (N-methyl/N-ethyl adjacent to an activating group) is 6. The summed E-state index contributed by atoms with van der Waals surface area (Å²) in [7, 11) is 8.80. The number of amides is 12. The molecule has 568 valence electrons. The van der Waals surface area contributed by atoms with E-state index in [1.807, 2.05) is 20.8 Å². The van der Waals surface area contributed by atoms with Crippen molar-refractivity contribution in [2.24, 2.45) is 35.5 Å². The number of alkyl halides is 4. The largest absolute Gasteiger partial charge is 0.393 e. The molecule has 8 rings (SSSR count). The molecule has 12 amide bonds. The number of likely N-dealkylation sites (tertiary alicyclic amines) is 1. The molecule has 0 bridgehead atoms. The van der Waals surface area contributed by atoms with Crippen LogP contribution >= 0.6 is 11.6 Å². The number of rotatable bonds is 11. The lowest BCUT2D eigenvalue weighted by atomic mass is 9.77. The maximum atomic E-state index is 15.6. The van der Waals surface area contributed by atoms with Gasteiger partial charge in [0.15, 0.2) is 0 Å². The first kappa shape index (κ1) is 80.4. The molecule has 4 heterocycles. The topological polar surface area (TPSA) is 270 Å². The highest BCUT2D eigenvalue weighted by atomic mass is 35.5. The summed E-state index contributed by atoms with van der Waals surface area (Å²) in [6, 6.07) is -10.6. The van der Waals surface area contributed by atoms with E-state index >= 15 is 33.6 Å². The maximum absolute atomic E-state index is 15.6. The Hall–Kier alpha value is -6.28. The van der Waals surface area contributed by atoms with E-state index in [4.69, 9.17) is 11.6 Å². The molecule has 28 heteroatoms. The zero-order valence-corrected chi connectivity index (χ0v) is 62.6. The average molecular weight is 1450 g/mol. The van der Waals surface area contributed by atoms with Gasteiger partial charge in [0.1, 0.15) is 59.9 Å². The monoisotopic (exact) mass is 1440 g/mol. The van der Waals surface area contributed by atoms with E-state index in [2.05, 4.69) is 16.0 Å². The fourth-order valence-corrected chi connectivity index (χ4v) is 17.5. The Bertz CT molecular complexity index is 3000. The number of carbonyl (C=O) groups is 12. The van der Waals surface area contributed by atoms with Gasteiger partial charge < -0.3 is 60.0 Å². The van der Waals surface area contributed by atoms with Crippen molar-refractivity contribution in [3.8, 4) is 0 Å². The molecule has 8 aliphatic rings. The minimum Gasteiger partial charge on any atom is -0.343 e. The molecule has 0 aromatic heterocycles. The van der Waals surface area contributed by atoms with Gasteiger partial charge >= 0.3 is 6.18 Å². The minimum absolute atomic E-state index is 0.00495. The van der Waals surface area contributed by atoms with Gasteiger partial charge in [0.25, 0.3) is 0 Å². The first-order valence-corrected chi connectivity index (χ1v) is 38.2. The fraction of sp³-hybridized carbons (Fsp3) is 0.836. The Labute approximate surface area is 600 Å². The number of hydrogen-bond acceptors (Lipinski definition) is 12. The predicted octanol–water partition coefficient (Wildman–Crippen LogP) is 6.24. The van der Waals surface area contributed by atoms with Crippen LogP contribution in [-0.4, -0.2) is 261 Å². The molecular weight excluding hydrogens is 1330 g/mol. The van der Waals surface area contributed by atoms with Crippen molar-refractivity contribution >= 4 is 82.5 Å². The zero-order valence-electron chi connectivity index (χ0n) is 61.8. The molecule has 24 nitrogen and oxygen atoms in total. The zero-order chi connectivity index (χ0) is 74.1. The molecule has 4 saturated heterocycles. The molecule has 8 fully saturated rings. The van der Waals surface area contributed by atoms with Crippen LogP contribution in [0.1, 0.15) is 208 Å². The van der Waals surface area contributed by atoms with Crippen LogP contribution in [0.25, 0.3) is 0 Å². The van der Waals surface area contributed by atoms with Crippen molar-refractivity contribution in [3.05, 3.63) is 0 Å². The van der Waals surface area contributed by atoms with E-state index < -0.39 is 167 Å². The van der Waals surface area contributed by atoms with Crippen LogP contribution in [0.2, 0.25) is 0 Å². The van der Waals surface area contributed by atoms with Gasteiger partial charge in [-0.3, -0.25) is 57.5 Å². The van der Waals surface area contributed by atoms with Gasteiger partial charge in [0.05, 0.1) is 18.9 Å². The lowest BCUT2D eigenvalue weighted by molar-refractivity contribution is -0.182. The molecule has 0 radical (unpaired) electrons. The third-order valence-electron chi connectivity index (χ3n) is 24.2. The van der Waals surface area contributed by atoms with E-state index in [0.29, 0.717) is 64.5 Å². The predicted molar refractivity (Wildman–Crippen MR) is 372 cm³/mol. The summed E-state index contributed by atoms with van der Waals surface area (Å²) in [5.74, 6) is -10.2. The first-order valence-electron chi connectivity index (χ1n) is 37.8. The molecule has 0 aromatic carbocycles. The number of fused-ring (bicyclic) bond motifs is 2. The lowest BCUT2D eigenvalue weighted by Crippen LogP contribution is -2.65. The van der Waals surface area contributed by atoms with Crippen LogP contribution in [-0.2, 0) is 57.5 Å². The number of nitrogens with one attached hydrogen (secondary N) is 3. The minimum atomic E-state index is -4.51. The van der Waals surface area contributed by atoms with E-state index in [1.54, 1.807) is 11.8 Å². The van der Waals surface area contributed by atoms with E-state index in [9.17, 15) is 37.1 Å². The fourth-order valence-electron chi connectivity index (χ4n) is 17.0. The second-order valence-electron chi connectivity index (χ2n) is 31.5. The summed E-state index contributed by atoms with van der Waals surface area (Å²) in [5.41, 5.74) is -1.54. The van der Waals surface area contributed by atoms with Crippen LogP contribution in [0.4, 0.5) is 13.2 Å². The third-order valence-corrected chi connectivity index (χ3v) is 24.7. The molecular formula is C73H116ClF3N12O12. The summed E-state index contributed by atoms with van der Waals surface area (Å²) in [5, 5.41) is 7.68. The summed E-state index contributed by atoms with van der Waals surface area (Å²) in [4.78, 5) is 193. The van der Waals surface area contributed by atoms with Gasteiger partial charge in [-0.25, -0.2) is 0 Å². The highest BCUT2D eigenvalue weighted by molar-refractivity contribution is 6.21. The van der Waals surface area contributed by atoms with Crippen LogP contribution in [0.3, 0.4) is 0 Å². The molecule has 101 heavy (non-hydrogen) atoms. The molecule has 1 spiro atoms. The Morgan fingerprint density at radius 1 is 0.594 bits per heavy atom. The van der Waals surface area contributed by atoms with Crippen molar-refractivity contribution in [1.29, 1.82) is 0 Å². The quantitative estimate of drug-likeness (QED) is 0.194. The molecule has 3 unspecified atom stereocenters. The lowest BCUT2D eigenvalue weighted by Gasteiger charge is -2.45. The van der Waals surface area contributed by atoms with Gasteiger partial charge in [-0.2, -0.15) is 13.2 Å². The Balaban J connectivity index is 1.16. The van der Waals surface area contributed by atoms with Crippen LogP contribution in [0.15, 0.2) is 0 Å². The number of piperidine rings is 1. The number of halogens is 4. The third kappa shape index (κ3) is 18.8. The standard InChI is InChI=1S/C73H116ClF3N12O12/c1-12-45(4)60-69(99)82(7)46(5)64(94)89-38-32-54(89)67(97)84(9)56(41-47-23-15-13-16-24-47)66(96)81(6)43-58(90)78-52(31-29-48-28-30-50(51(74)40-48)73(75,76)77)65(95)88-37-22-27-53(88)63(93)80-72(33-17-18-34-72)71(101)86(11)61(49-25-21-26-49)70(100)85(10)57(68(98)87-35-19-14-20-36-87)42-59(91)83(8)55(39-44(2)3)62(92)79-60/h44-57,60-61H,12-43H2,1-11H3,(H,78,90)(H,79,92)(H,80,93)/t45-,46-,48?,50?,51?,52-,53-,54-,55-,56-,57-,60-,61-/m0/s1. The molecule has 4 saturated carbocycles. The van der Waals surface area contributed by atoms with E-state index in [0.717, 1.165) is 44.9 Å². The smallest absolute Gasteiger partial charge is 0.343 e. The normalized spacial score (nSPS) is 31.6. The van der Waals surface area contributed by atoms with Crippen LogP contribution < -0.4 is 16.0 Å². The summed E-state index contributed by atoms with van der Waals surface area (Å²) >= 11 is 6.42. The second kappa shape index (κ2) is 35.0. The molecule has 4 aliphatic carbocycles. The number of hydrogen-bond donors (Lipinski definition) is 3. The van der Waals surface area contributed by atoms with Gasteiger partial charge in [-0.15, -0.1) is 11.6 Å². The SMILES string of the molecule is CC[C@H](C)[C@@H]1NC(=O)[C@H](CC(C)C)N(C)C(=O)C[C@@H](C(=O)N2CCCCC2)N(C)C(=O)[C@H](C2CCC2)N(C)C(=O)C2(CCCC2)NC(=O)[C@@H]2CCCN2C(=O)[C@H](CCC2CCC(C(F)(F)F)C(Cl)C2)NC(=O)CN(C)C(=O)[C@H](CC2CCCCC2)N(C)C(=O)[C@@H]2CCN2C(=O)[C@H](C)N(C)C1=O.